The second-order valence-corrected chi connectivity index (χ2v) is 21.3. The minimum Gasteiger partial charge on any atom is -0.480 e. The van der Waals surface area contributed by atoms with E-state index in [9.17, 15) is 39.3 Å². The van der Waals surface area contributed by atoms with Crippen LogP contribution in [0.4, 0.5) is 0 Å². The quantitative estimate of drug-likeness (QED) is 0.0879. The van der Waals surface area contributed by atoms with Crippen LogP contribution in [0, 0.1) is 29.6 Å². The monoisotopic (exact) mass is 923 g/mol. The van der Waals surface area contributed by atoms with Crippen molar-refractivity contribution in [1.29, 1.82) is 0 Å². The molecular formula is C47H73NO13S2. The second-order valence-electron chi connectivity index (χ2n) is 18.4. The molecule has 4 rings (SSSR count). The molecule has 14 nitrogen and oxygen atoms in total. The van der Waals surface area contributed by atoms with E-state index in [1.807, 2.05) is 32.9 Å². The van der Waals surface area contributed by atoms with Gasteiger partial charge in [0.15, 0.2) is 0 Å². The van der Waals surface area contributed by atoms with E-state index in [0.717, 1.165) is 18.4 Å². The number of ether oxygens (including phenoxy) is 5. The fourth-order valence-electron chi connectivity index (χ4n) is 9.71. The fourth-order valence-corrected chi connectivity index (χ4v) is 12.5. The summed E-state index contributed by atoms with van der Waals surface area (Å²) in [5.74, 6) is -8.75. The predicted molar refractivity (Wildman–Crippen MR) is 243 cm³/mol. The number of aliphatic carboxylic acids is 1. The summed E-state index contributed by atoms with van der Waals surface area (Å²) in [4.78, 5) is 69.7. The summed E-state index contributed by atoms with van der Waals surface area (Å²) in [6.07, 6.45) is 5.96. The molecule has 16 heteroatoms. The zero-order chi connectivity index (χ0) is 46.8. The lowest BCUT2D eigenvalue weighted by atomic mass is 9.82. The first-order valence-electron chi connectivity index (χ1n) is 22.6. The Bertz CT molecular complexity index is 1670. The van der Waals surface area contributed by atoms with Gasteiger partial charge in [-0.3, -0.25) is 19.2 Å². The highest BCUT2D eigenvalue weighted by Crippen LogP contribution is 2.43. The van der Waals surface area contributed by atoms with Crippen molar-refractivity contribution in [2.45, 2.75) is 171 Å². The molecule has 63 heavy (non-hydrogen) atoms. The summed E-state index contributed by atoms with van der Waals surface area (Å²) in [6, 6.07) is -1.16. The highest BCUT2D eigenvalue weighted by molar-refractivity contribution is 8.77. The Morgan fingerprint density at radius 3 is 2.30 bits per heavy atom. The van der Waals surface area contributed by atoms with Crippen molar-refractivity contribution < 1.29 is 63.0 Å². The van der Waals surface area contributed by atoms with E-state index in [2.05, 4.69) is 6.58 Å². The molecular weight excluding hydrogens is 851 g/mol. The lowest BCUT2D eigenvalue weighted by molar-refractivity contribution is -0.302. The number of piperidine rings is 1. The van der Waals surface area contributed by atoms with Gasteiger partial charge < -0.3 is 43.9 Å². The number of carboxylic acid groups (broad SMARTS) is 1. The van der Waals surface area contributed by atoms with E-state index in [1.54, 1.807) is 34.0 Å². The van der Waals surface area contributed by atoms with E-state index in [1.165, 1.54) is 40.7 Å². The number of aliphatic hydroxyl groups is 2. The number of ketones is 2. The fraction of sp³-hybridized carbons (Fsp3) is 0.766. The molecule has 0 aromatic heterocycles. The van der Waals surface area contributed by atoms with Crippen LogP contribution in [0.5, 0.6) is 0 Å². The number of aliphatic hydroxyl groups excluding tert-OH is 1. The number of methoxy groups -OCH3 is 3. The number of amides is 1. The standard InChI is InChI=1S/C47H73NO13S2/c1-11-14-33-20-26(2)19-27(3)21-38(58-9)42-39(59-10)23-29(5)47(56,61-42)43(51)44(52)48-18-13-12-15-34(48)46(55)60-41(30(6)35(49)25-36(33)50)28(4)22-32-16-17-40(37(24-32)57-8)63-62-31(7)45(53)54/h11,20,22,27,29-35,37-42,49,56H,1,12-19,21,23-25H2,2-10H3,(H,53,54)/b26-20+,28-22+/t27-,29+,30+,31?,32-,33+,34-,35-,37+,38-,39-,40?,41+,42+,47+/m0/s1. The van der Waals surface area contributed by atoms with Gasteiger partial charge in [-0.05, 0) is 102 Å². The number of carbonyl (C=O) groups is 5. The molecule has 4 aliphatic rings. The summed E-state index contributed by atoms with van der Waals surface area (Å²) >= 11 is 0. The van der Waals surface area contributed by atoms with Crippen LogP contribution in [0.15, 0.2) is 36.0 Å². The molecule has 15 atom stereocenters. The van der Waals surface area contributed by atoms with Gasteiger partial charge in [0.05, 0.1) is 24.4 Å². The highest BCUT2D eigenvalue weighted by atomic mass is 33.1. The van der Waals surface area contributed by atoms with E-state index in [-0.39, 0.29) is 54.8 Å². The number of allylic oxidation sites excluding steroid dienone is 4. The van der Waals surface area contributed by atoms with Crippen LogP contribution in [0.3, 0.4) is 0 Å². The number of carboxylic acids is 1. The van der Waals surface area contributed by atoms with Gasteiger partial charge in [-0.2, -0.15) is 0 Å². The van der Waals surface area contributed by atoms with Crippen molar-refractivity contribution in [1.82, 2.24) is 4.90 Å². The number of rotatable bonds is 11. The maximum absolute atomic E-state index is 14.5. The summed E-state index contributed by atoms with van der Waals surface area (Å²) in [7, 11) is 7.51. The first-order chi connectivity index (χ1) is 29.8. The lowest BCUT2D eigenvalue weighted by Crippen LogP contribution is -2.64. The van der Waals surface area contributed by atoms with Gasteiger partial charge in [0.2, 0.25) is 5.79 Å². The average molecular weight is 924 g/mol. The molecule has 0 aromatic rings. The summed E-state index contributed by atoms with van der Waals surface area (Å²) in [5.41, 5.74) is 1.60. The van der Waals surface area contributed by atoms with E-state index >= 15 is 0 Å². The SMILES string of the molecule is C=CC[C@@H]1/C=C(\C)C[C@H](C)C[C@H](OC)[C@H]2O[C@@](O)(C(=O)C(=O)N3CCCC[C@H]3C(=O)O[C@H](/C(C)=C/[C@@H]3CCC(SSC(C)C(=O)O)[C@H](OC)C3)[C@H](C)[C@@H](O)CC1=O)[C@H](C)C[C@@H]2OC. The largest absolute Gasteiger partial charge is 0.480 e. The lowest BCUT2D eigenvalue weighted by Gasteiger charge is -2.47. The number of carbonyl (C=O) groups excluding carboxylic acids is 4. The molecule has 3 N–H and O–H groups in total. The van der Waals surface area contributed by atoms with Crippen LogP contribution in [-0.4, -0.2) is 136 Å². The Kier molecular flexibility index (Phi) is 20.4. The molecule has 1 amide bonds. The zero-order valence-electron chi connectivity index (χ0n) is 38.7. The van der Waals surface area contributed by atoms with Gasteiger partial charge in [0.1, 0.15) is 29.3 Å². The van der Waals surface area contributed by atoms with Gasteiger partial charge in [-0.1, -0.05) is 66.2 Å². The van der Waals surface area contributed by atoms with Crippen molar-refractivity contribution in [3.05, 3.63) is 36.0 Å². The predicted octanol–water partition coefficient (Wildman–Crippen LogP) is 6.50. The summed E-state index contributed by atoms with van der Waals surface area (Å²) < 4.78 is 30.2. The van der Waals surface area contributed by atoms with Crippen LogP contribution in [-0.2, 0) is 47.7 Å². The van der Waals surface area contributed by atoms with Gasteiger partial charge >= 0.3 is 11.9 Å². The minimum absolute atomic E-state index is 0.00108. The van der Waals surface area contributed by atoms with Crippen molar-refractivity contribution in [3.8, 4) is 0 Å². The molecule has 0 radical (unpaired) electrons. The molecule has 3 heterocycles. The molecule has 2 saturated heterocycles. The topological polar surface area (TPSA) is 195 Å². The smallest absolute Gasteiger partial charge is 0.329 e. The van der Waals surface area contributed by atoms with Crippen LogP contribution in [0.25, 0.3) is 0 Å². The van der Waals surface area contributed by atoms with Gasteiger partial charge in [0.25, 0.3) is 11.7 Å². The summed E-state index contributed by atoms with van der Waals surface area (Å²) in [6.45, 7) is 14.8. The number of esters is 1. The van der Waals surface area contributed by atoms with Crippen LogP contribution in [0.1, 0.15) is 112 Å². The average Bonchev–Trinajstić information content (AvgIpc) is 3.25. The molecule has 2 bridgehead atoms. The Morgan fingerprint density at radius 1 is 1.00 bits per heavy atom. The molecule has 2 unspecified atom stereocenters. The Morgan fingerprint density at radius 2 is 1.67 bits per heavy atom. The normalized spacial score (nSPS) is 38.7. The molecule has 3 aliphatic heterocycles. The van der Waals surface area contributed by atoms with Gasteiger partial charge in [0, 0.05) is 57.3 Å². The first kappa shape index (κ1) is 53.0. The van der Waals surface area contributed by atoms with E-state index in [4.69, 9.17) is 23.7 Å². The van der Waals surface area contributed by atoms with Crippen molar-refractivity contribution in [3.63, 3.8) is 0 Å². The third-order valence-electron chi connectivity index (χ3n) is 13.5. The van der Waals surface area contributed by atoms with Crippen LogP contribution < -0.4 is 0 Å². The number of cyclic esters (lactones) is 1. The number of nitrogens with zero attached hydrogens (tertiary/aromatic N) is 1. The number of hydrogen-bond donors (Lipinski definition) is 3. The maximum Gasteiger partial charge on any atom is 0.329 e. The van der Waals surface area contributed by atoms with Crippen LogP contribution in [0.2, 0.25) is 0 Å². The zero-order valence-corrected chi connectivity index (χ0v) is 40.3. The second kappa shape index (κ2) is 24.3. The molecule has 0 spiro atoms. The number of Topliss-reactive ketones (excluding diaryl/α,β-unsaturated/α-hetero) is 2. The highest BCUT2D eigenvalue weighted by Gasteiger charge is 2.56. The van der Waals surface area contributed by atoms with Gasteiger partial charge in [-0.15, -0.1) is 6.58 Å². The Labute approximate surface area is 382 Å². The third kappa shape index (κ3) is 13.5. The van der Waals surface area contributed by atoms with Crippen LogP contribution >= 0.6 is 21.6 Å². The third-order valence-corrected chi connectivity index (χ3v) is 16.8. The molecule has 356 valence electrons. The van der Waals surface area contributed by atoms with Crippen molar-refractivity contribution >= 4 is 51.0 Å². The minimum atomic E-state index is -2.53. The van der Waals surface area contributed by atoms with Gasteiger partial charge in [-0.25, -0.2) is 4.79 Å². The Balaban J connectivity index is 1.74. The molecule has 0 aromatic carbocycles. The molecule has 1 saturated carbocycles. The molecule has 1 aliphatic carbocycles. The Hall–Kier alpha value is -2.57. The number of hydrogen-bond acceptors (Lipinski definition) is 14. The number of fused-ring (bicyclic) bond motifs is 3. The molecule has 3 fully saturated rings. The van der Waals surface area contributed by atoms with E-state index in [0.29, 0.717) is 44.1 Å². The van der Waals surface area contributed by atoms with Crippen molar-refractivity contribution in [2.75, 3.05) is 27.9 Å². The first-order valence-corrected chi connectivity index (χ1v) is 24.8. The van der Waals surface area contributed by atoms with Crippen molar-refractivity contribution in [2.24, 2.45) is 29.6 Å². The summed E-state index contributed by atoms with van der Waals surface area (Å²) in [5, 5.41) is 32.8. The van der Waals surface area contributed by atoms with E-state index < -0.39 is 89.0 Å². The maximum atomic E-state index is 14.5.